The first-order valence-corrected chi connectivity index (χ1v) is 15.4. The van der Waals surface area contributed by atoms with Crippen LogP contribution in [-0.4, -0.2) is 72.8 Å². The van der Waals surface area contributed by atoms with Crippen molar-refractivity contribution in [2.24, 2.45) is 0 Å². The van der Waals surface area contributed by atoms with Gasteiger partial charge in [-0.3, -0.25) is 9.59 Å². The molecule has 0 spiro atoms. The van der Waals surface area contributed by atoms with E-state index < -0.39 is 0 Å². The lowest BCUT2D eigenvalue weighted by atomic mass is 10.1. The van der Waals surface area contributed by atoms with E-state index in [0.717, 1.165) is 26.5 Å². The van der Waals surface area contributed by atoms with E-state index >= 15 is 0 Å². The molecule has 1 aliphatic rings. The molecule has 5 aromatic rings. The molecule has 1 aliphatic heterocycles. The number of piperazine rings is 1. The second kappa shape index (κ2) is 12.0. The van der Waals surface area contributed by atoms with Crippen LogP contribution in [-0.2, 0) is 11.3 Å². The molecule has 0 radical (unpaired) electrons. The van der Waals surface area contributed by atoms with Crippen molar-refractivity contribution in [2.45, 2.75) is 37.5 Å². The quantitative estimate of drug-likeness (QED) is 0.162. The van der Waals surface area contributed by atoms with Gasteiger partial charge in [-0.1, -0.05) is 58.0 Å². The van der Waals surface area contributed by atoms with E-state index in [-0.39, 0.29) is 17.9 Å². The van der Waals surface area contributed by atoms with Crippen LogP contribution in [0.3, 0.4) is 0 Å². The molecule has 1 fully saturated rings. The first-order valence-electron chi connectivity index (χ1n) is 13.6. The molecular formula is C30H29BrN6O3S. The van der Waals surface area contributed by atoms with Crippen LogP contribution >= 0.6 is 27.7 Å². The number of carbonyl (C=O) groups is 2. The summed E-state index contributed by atoms with van der Waals surface area (Å²) in [6.45, 7) is 4.18. The Morgan fingerprint density at radius 2 is 1.88 bits per heavy atom. The first kappa shape index (κ1) is 27.5. The van der Waals surface area contributed by atoms with Crippen LogP contribution in [0.4, 0.5) is 0 Å². The van der Waals surface area contributed by atoms with Gasteiger partial charge < -0.3 is 18.8 Å². The van der Waals surface area contributed by atoms with Gasteiger partial charge in [-0.05, 0) is 49.2 Å². The van der Waals surface area contributed by atoms with Gasteiger partial charge in [0, 0.05) is 54.3 Å². The third-order valence-corrected chi connectivity index (χ3v) is 8.80. The van der Waals surface area contributed by atoms with Crippen molar-refractivity contribution < 1.29 is 14.0 Å². The summed E-state index contributed by atoms with van der Waals surface area (Å²) in [7, 11) is 0. The average Bonchev–Trinajstić information content (AvgIpc) is 3.63. The SMILES string of the molecule is CC1CN(C(=O)CCCSc2nnc3c4ccccc4n(Cc4ccc(Br)cc4)c3n2)CCN1C(=O)c1ccco1. The van der Waals surface area contributed by atoms with E-state index in [9.17, 15) is 9.59 Å². The number of nitrogens with zero attached hydrogens (tertiary/aromatic N) is 6. The number of thioether (sulfide) groups is 1. The fraction of sp³-hybridized carbons (Fsp3) is 0.300. The fourth-order valence-corrected chi connectivity index (χ4v) is 6.24. The highest BCUT2D eigenvalue weighted by Crippen LogP contribution is 2.28. The summed E-state index contributed by atoms with van der Waals surface area (Å²) in [6, 6.07) is 19.8. The Bertz CT molecular complexity index is 1690. The zero-order valence-corrected chi connectivity index (χ0v) is 25.0. The molecule has 1 atom stereocenters. The lowest BCUT2D eigenvalue weighted by molar-refractivity contribution is -0.133. The highest BCUT2D eigenvalue weighted by molar-refractivity contribution is 9.10. The molecule has 9 nitrogen and oxygen atoms in total. The summed E-state index contributed by atoms with van der Waals surface area (Å²) in [4.78, 5) is 34.1. The van der Waals surface area contributed by atoms with Crippen LogP contribution in [0.5, 0.6) is 0 Å². The van der Waals surface area contributed by atoms with Gasteiger partial charge in [-0.15, -0.1) is 10.2 Å². The maximum atomic E-state index is 12.9. The topological polar surface area (TPSA) is 97.4 Å². The lowest BCUT2D eigenvalue weighted by Crippen LogP contribution is -2.55. The summed E-state index contributed by atoms with van der Waals surface area (Å²) < 4.78 is 8.49. The highest BCUT2D eigenvalue weighted by atomic mass is 79.9. The Morgan fingerprint density at radius 3 is 2.66 bits per heavy atom. The average molecular weight is 634 g/mol. The van der Waals surface area contributed by atoms with Crippen LogP contribution < -0.4 is 0 Å². The van der Waals surface area contributed by atoms with Crippen molar-refractivity contribution in [3.05, 3.63) is 82.7 Å². The Hall–Kier alpha value is -3.70. The number of hydrogen-bond donors (Lipinski definition) is 0. The smallest absolute Gasteiger partial charge is 0.289 e. The van der Waals surface area contributed by atoms with E-state index in [2.05, 4.69) is 55.0 Å². The minimum atomic E-state index is -0.132. The number of furan rings is 1. The summed E-state index contributed by atoms with van der Waals surface area (Å²) in [5, 5.41) is 10.6. The van der Waals surface area contributed by atoms with Crippen LogP contribution in [0.2, 0.25) is 0 Å². The van der Waals surface area contributed by atoms with Gasteiger partial charge >= 0.3 is 0 Å². The van der Waals surface area contributed by atoms with Gasteiger partial charge in [-0.2, -0.15) is 0 Å². The zero-order chi connectivity index (χ0) is 28.3. The van der Waals surface area contributed by atoms with Gasteiger partial charge in [0.15, 0.2) is 11.4 Å². The molecule has 3 aromatic heterocycles. The summed E-state index contributed by atoms with van der Waals surface area (Å²) >= 11 is 5.03. The Labute approximate surface area is 250 Å². The van der Waals surface area contributed by atoms with E-state index in [1.54, 1.807) is 17.0 Å². The third kappa shape index (κ3) is 5.87. The number of hydrogen-bond acceptors (Lipinski definition) is 7. The number of halogens is 1. The predicted molar refractivity (Wildman–Crippen MR) is 162 cm³/mol. The van der Waals surface area contributed by atoms with E-state index in [1.807, 2.05) is 36.1 Å². The largest absolute Gasteiger partial charge is 0.459 e. The molecule has 0 aliphatic carbocycles. The minimum absolute atomic E-state index is 0.0740. The number of carbonyl (C=O) groups excluding carboxylic acids is 2. The van der Waals surface area contributed by atoms with Gasteiger partial charge in [0.25, 0.3) is 5.91 Å². The van der Waals surface area contributed by atoms with Gasteiger partial charge in [-0.25, -0.2) is 4.98 Å². The molecule has 0 bridgehead atoms. The van der Waals surface area contributed by atoms with Crippen molar-refractivity contribution in [2.75, 3.05) is 25.4 Å². The predicted octanol–water partition coefficient (Wildman–Crippen LogP) is 5.63. The third-order valence-electron chi connectivity index (χ3n) is 7.35. The molecule has 41 heavy (non-hydrogen) atoms. The van der Waals surface area contributed by atoms with Gasteiger partial charge in [0.2, 0.25) is 11.1 Å². The number of benzene rings is 2. The maximum absolute atomic E-state index is 12.9. The lowest BCUT2D eigenvalue weighted by Gasteiger charge is -2.39. The van der Waals surface area contributed by atoms with Gasteiger partial charge in [0.05, 0.1) is 11.8 Å². The molecule has 6 rings (SSSR count). The molecule has 0 N–H and O–H groups in total. The molecule has 11 heteroatoms. The molecule has 0 saturated carbocycles. The van der Waals surface area contributed by atoms with Crippen molar-refractivity contribution >= 4 is 61.6 Å². The number of para-hydroxylation sites is 1. The summed E-state index contributed by atoms with van der Waals surface area (Å²) in [6.07, 6.45) is 2.64. The molecule has 1 unspecified atom stereocenters. The maximum Gasteiger partial charge on any atom is 0.289 e. The van der Waals surface area contributed by atoms with Crippen LogP contribution in [0.15, 0.2) is 81.0 Å². The molecule has 210 valence electrons. The Kier molecular flexibility index (Phi) is 8.06. The summed E-state index contributed by atoms with van der Waals surface area (Å²) in [5.74, 6) is 1.01. The molecular weight excluding hydrogens is 604 g/mol. The fourth-order valence-electron chi connectivity index (χ4n) is 5.26. The van der Waals surface area contributed by atoms with E-state index in [4.69, 9.17) is 9.40 Å². The van der Waals surface area contributed by atoms with Crippen LogP contribution in [0, 0.1) is 0 Å². The molecule has 2 aromatic carbocycles. The van der Waals surface area contributed by atoms with Crippen LogP contribution in [0.1, 0.15) is 35.9 Å². The van der Waals surface area contributed by atoms with Crippen molar-refractivity contribution in [1.29, 1.82) is 0 Å². The van der Waals surface area contributed by atoms with Crippen molar-refractivity contribution in [3.63, 3.8) is 0 Å². The molecule has 4 heterocycles. The standard InChI is InChI=1S/C30H29BrN6O3S/c1-20-18-35(14-15-36(20)29(39)25-8-4-16-40-25)26(38)9-5-17-41-30-32-28-27(33-34-30)23-6-2-3-7-24(23)37(28)19-21-10-12-22(31)13-11-21/h2-4,6-8,10-13,16,20H,5,9,14-15,17-19H2,1H3. The Balaban J connectivity index is 1.07. The van der Waals surface area contributed by atoms with E-state index in [1.165, 1.54) is 23.6 Å². The second-order valence-corrected chi connectivity index (χ2v) is 12.1. The zero-order valence-electron chi connectivity index (χ0n) is 22.6. The normalized spacial score (nSPS) is 15.6. The van der Waals surface area contributed by atoms with Crippen molar-refractivity contribution in [3.8, 4) is 0 Å². The van der Waals surface area contributed by atoms with E-state index in [0.29, 0.717) is 55.7 Å². The first-order chi connectivity index (χ1) is 20.0. The van der Waals surface area contributed by atoms with Crippen molar-refractivity contribution in [1.82, 2.24) is 29.5 Å². The minimum Gasteiger partial charge on any atom is -0.459 e. The number of fused-ring (bicyclic) bond motifs is 3. The molecule has 1 saturated heterocycles. The highest BCUT2D eigenvalue weighted by Gasteiger charge is 2.31. The number of aromatic nitrogens is 4. The Morgan fingerprint density at radius 1 is 1.05 bits per heavy atom. The van der Waals surface area contributed by atoms with Crippen LogP contribution in [0.25, 0.3) is 22.1 Å². The molecule has 2 amide bonds. The van der Waals surface area contributed by atoms with Gasteiger partial charge in [0.1, 0.15) is 5.52 Å². The second-order valence-electron chi connectivity index (χ2n) is 10.1. The monoisotopic (exact) mass is 632 g/mol. The number of amides is 2. The summed E-state index contributed by atoms with van der Waals surface area (Å²) in [5.41, 5.74) is 3.83. The number of rotatable bonds is 8.